The third-order valence-corrected chi connectivity index (χ3v) is 3.09. The summed E-state index contributed by atoms with van der Waals surface area (Å²) in [5, 5.41) is 8.81. The summed E-state index contributed by atoms with van der Waals surface area (Å²) >= 11 is 0. The Kier molecular flexibility index (Phi) is 2.81. The van der Waals surface area contributed by atoms with Crippen molar-refractivity contribution in [1.82, 2.24) is 14.4 Å². The molecule has 2 heterocycles. The fourth-order valence-electron chi connectivity index (χ4n) is 1.97. The summed E-state index contributed by atoms with van der Waals surface area (Å²) in [6.07, 6.45) is 5.60. The van der Waals surface area contributed by atoms with E-state index in [-0.39, 0.29) is 0 Å². The zero-order chi connectivity index (χ0) is 14.1. The number of fused-ring (bicyclic) bond motifs is 1. The van der Waals surface area contributed by atoms with Crippen LogP contribution in [0.2, 0.25) is 0 Å². The van der Waals surface area contributed by atoms with Crippen molar-refractivity contribution >= 4 is 11.2 Å². The van der Waals surface area contributed by atoms with Crippen LogP contribution in [0.15, 0.2) is 49.4 Å². The van der Waals surface area contributed by atoms with E-state index in [2.05, 4.69) is 22.6 Å². The molecule has 0 N–H and O–H groups in total. The maximum absolute atomic E-state index is 8.81. The van der Waals surface area contributed by atoms with E-state index in [4.69, 9.17) is 5.26 Å². The summed E-state index contributed by atoms with van der Waals surface area (Å²) in [6.45, 7) is 5.82. The van der Waals surface area contributed by atoms with Gasteiger partial charge in [0.2, 0.25) is 0 Å². The molecule has 0 fully saturated rings. The summed E-state index contributed by atoms with van der Waals surface area (Å²) in [7, 11) is 0. The second-order valence-corrected chi connectivity index (χ2v) is 4.63. The van der Waals surface area contributed by atoms with Gasteiger partial charge < -0.3 is 4.40 Å². The Hall–Kier alpha value is -2.93. The average molecular weight is 260 g/mol. The highest BCUT2D eigenvalue weighted by Crippen LogP contribution is 2.19. The number of imidazole rings is 1. The standard InChI is InChI=1S/C16H12N4/c1-11(2)14-9-20-10-15(18-8-16(20)19-14)13-5-3-12(7-17)4-6-13/h3-6,8-10H,1H2,2H3. The number of hydrogen-bond donors (Lipinski definition) is 0. The molecule has 0 aliphatic carbocycles. The number of nitriles is 1. The summed E-state index contributed by atoms with van der Waals surface area (Å²) in [6, 6.07) is 9.46. The third kappa shape index (κ3) is 2.06. The molecule has 0 saturated heterocycles. The van der Waals surface area contributed by atoms with Crippen LogP contribution in [-0.4, -0.2) is 14.4 Å². The van der Waals surface area contributed by atoms with E-state index >= 15 is 0 Å². The molecular formula is C16H12N4. The summed E-state index contributed by atoms with van der Waals surface area (Å²) < 4.78 is 1.94. The highest BCUT2D eigenvalue weighted by atomic mass is 15.0. The maximum Gasteiger partial charge on any atom is 0.156 e. The highest BCUT2D eigenvalue weighted by Gasteiger charge is 2.05. The minimum Gasteiger partial charge on any atom is -0.303 e. The molecular weight excluding hydrogens is 248 g/mol. The number of nitrogens with zero attached hydrogens (tertiary/aromatic N) is 4. The quantitative estimate of drug-likeness (QED) is 0.710. The Bertz CT molecular complexity index is 835. The molecule has 0 bridgehead atoms. The van der Waals surface area contributed by atoms with Crippen molar-refractivity contribution < 1.29 is 0 Å². The van der Waals surface area contributed by atoms with Crippen molar-refractivity contribution in [2.75, 3.05) is 0 Å². The average Bonchev–Trinajstić information content (AvgIpc) is 2.90. The van der Waals surface area contributed by atoms with Gasteiger partial charge in [-0.25, -0.2) is 4.98 Å². The minimum atomic E-state index is 0.641. The van der Waals surface area contributed by atoms with E-state index in [1.165, 1.54) is 0 Å². The second-order valence-electron chi connectivity index (χ2n) is 4.63. The van der Waals surface area contributed by atoms with Crippen molar-refractivity contribution in [3.63, 3.8) is 0 Å². The van der Waals surface area contributed by atoms with Crippen molar-refractivity contribution in [3.8, 4) is 17.3 Å². The number of benzene rings is 1. The van der Waals surface area contributed by atoms with Crippen LogP contribution in [0.3, 0.4) is 0 Å². The molecule has 4 heteroatoms. The van der Waals surface area contributed by atoms with Crippen molar-refractivity contribution in [1.29, 1.82) is 5.26 Å². The molecule has 0 amide bonds. The normalized spacial score (nSPS) is 10.4. The topological polar surface area (TPSA) is 54.0 Å². The lowest BCUT2D eigenvalue weighted by Crippen LogP contribution is -1.89. The molecule has 0 spiro atoms. The van der Waals surface area contributed by atoms with Crippen LogP contribution in [-0.2, 0) is 0 Å². The van der Waals surface area contributed by atoms with Gasteiger partial charge in [0.1, 0.15) is 0 Å². The van der Waals surface area contributed by atoms with Crippen LogP contribution in [0.25, 0.3) is 22.5 Å². The summed E-state index contributed by atoms with van der Waals surface area (Å²) in [5.74, 6) is 0. The lowest BCUT2D eigenvalue weighted by Gasteiger charge is -2.01. The fourth-order valence-corrected chi connectivity index (χ4v) is 1.97. The van der Waals surface area contributed by atoms with Gasteiger partial charge in [-0.1, -0.05) is 18.7 Å². The predicted molar refractivity (Wildman–Crippen MR) is 77.8 cm³/mol. The minimum absolute atomic E-state index is 0.641. The van der Waals surface area contributed by atoms with Crippen molar-refractivity contribution in [3.05, 3.63) is 60.7 Å². The summed E-state index contributed by atoms with van der Waals surface area (Å²) in [4.78, 5) is 8.84. The van der Waals surface area contributed by atoms with E-state index < -0.39 is 0 Å². The van der Waals surface area contributed by atoms with Crippen LogP contribution >= 0.6 is 0 Å². The van der Waals surface area contributed by atoms with Crippen molar-refractivity contribution in [2.24, 2.45) is 0 Å². The molecule has 0 atom stereocenters. The van der Waals surface area contributed by atoms with E-state index in [0.717, 1.165) is 28.2 Å². The first-order valence-corrected chi connectivity index (χ1v) is 6.18. The molecule has 20 heavy (non-hydrogen) atoms. The zero-order valence-corrected chi connectivity index (χ0v) is 11.0. The molecule has 0 radical (unpaired) electrons. The molecule has 4 nitrogen and oxygen atoms in total. The van der Waals surface area contributed by atoms with E-state index in [0.29, 0.717) is 5.56 Å². The highest BCUT2D eigenvalue weighted by molar-refractivity contribution is 5.63. The maximum atomic E-state index is 8.81. The van der Waals surface area contributed by atoms with E-state index in [9.17, 15) is 0 Å². The number of aromatic nitrogens is 3. The first-order chi connectivity index (χ1) is 9.67. The number of allylic oxidation sites excluding steroid dienone is 1. The number of rotatable bonds is 2. The van der Waals surface area contributed by atoms with Gasteiger partial charge in [0.25, 0.3) is 0 Å². The first-order valence-electron chi connectivity index (χ1n) is 6.18. The van der Waals surface area contributed by atoms with Gasteiger partial charge in [-0.2, -0.15) is 5.26 Å². The van der Waals surface area contributed by atoms with Gasteiger partial charge in [0.05, 0.1) is 29.2 Å². The lowest BCUT2D eigenvalue weighted by atomic mass is 10.1. The smallest absolute Gasteiger partial charge is 0.156 e. The van der Waals surface area contributed by atoms with Gasteiger partial charge in [-0.05, 0) is 24.6 Å². The Morgan fingerprint density at radius 3 is 2.65 bits per heavy atom. The third-order valence-electron chi connectivity index (χ3n) is 3.09. The number of hydrogen-bond acceptors (Lipinski definition) is 3. The molecule has 0 aliphatic heterocycles. The van der Waals surface area contributed by atoms with Crippen LogP contribution in [0.4, 0.5) is 0 Å². The van der Waals surface area contributed by atoms with Crippen LogP contribution in [0.5, 0.6) is 0 Å². The lowest BCUT2D eigenvalue weighted by molar-refractivity contribution is 1.13. The van der Waals surface area contributed by atoms with E-state index in [1.807, 2.05) is 35.9 Å². The predicted octanol–water partition coefficient (Wildman–Crippen LogP) is 3.30. The Morgan fingerprint density at radius 1 is 1.25 bits per heavy atom. The molecule has 0 unspecified atom stereocenters. The van der Waals surface area contributed by atoms with Gasteiger partial charge in [0.15, 0.2) is 5.65 Å². The Balaban J connectivity index is 2.07. The molecule has 3 aromatic rings. The van der Waals surface area contributed by atoms with Gasteiger partial charge in [-0.15, -0.1) is 0 Å². The molecule has 3 rings (SSSR count). The summed E-state index contributed by atoms with van der Waals surface area (Å²) in [5.41, 5.74) is 5.03. The fraction of sp³-hybridized carbons (Fsp3) is 0.0625. The van der Waals surface area contributed by atoms with Gasteiger partial charge in [-0.3, -0.25) is 4.98 Å². The molecule has 1 aromatic carbocycles. The van der Waals surface area contributed by atoms with Crippen LogP contribution in [0.1, 0.15) is 18.2 Å². The van der Waals surface area contributed by atoms with Crippen LogP contribution < -0.4 is 0 Å². The Morgan fingerprint density at radius 2 is 2.00 bits per heavy atom. The van der Waals surface area contributed by atoms with Crippen molar-refractivity contribution in [2.45, 2.75) is 6.92 Å². The molecule has 96 valence electrons. The molecule has 0 aliphatic rings. The first kappa shape index (κ1) is 12.1. The molecule has 0 saturated carbocycles. The SMILES string of the molecule is C=C(C)c1cn2cc(-c3ccc(C#N)cc3)ncc2n1. The van der Waals surface area contributed by atoms with Gasteiger partial charge >= 0.3 is 0 Å². The van der Waals surface area contributed by atoms with Crippen LogP contribution in [0, 0.1) is 11.3 Å². The Labute approximate surface area is 116 Å². The van der Waals surface area contributed by atoms with E-state index in [1.54, 1.807) is 18.3 Å². The zero-order valence-electron chi connectivity index (χ0n) is 11.0. The largest absolute Gasteiger partial charge is 0.303 e. The van der Waals surface area contributed by atoms with Gasteiger partial charge in [0, 0.05) is 18.0 Å². The molecule has 2 aromatic heterocycles. The second kappa shape index (κ2) is 4.63. The monoisotopic (exact) mass is 260 g/mol.